The van der Waals surface area contributed by atoms with Crippen LogP contribution in [0.15, 0.2) is 54.7 Å². The van der Waals surface area contributed by atoms with Crippen LogP contribution in [0, 0.1) is 5.82 Å². The fourth-order valence-electron chi connectivity index (χ4n) is 3.64. The van der Waals surface area contributed by atoms with Gasteiger partial charge in [0.25, 0.3) is 5.91 Å². The summed E-state index contributed by atoms with van der Waals surface area (Å²) in [6.45, 7) is 4.73. The number of methoxy groups -OCH3 is 1. The van der Waals surface area contributed by atoms with E-state index in [1.807, 2.05) is 43.7 Å². The maximum absolute atomic E-state index is 14.1. The van der Waals surface area contributed by atoms with Gasteiger partial charge in [0, 0.05) is 47.6 Å². The average Bonchev–Trinajstić information content (AvgIpc) is 3.14. The molecule has 0 unspecified atom stereocenters. The van der Waals surface area contributed by atoms with Crippen molar-refractivity contribution in [2.45, 2.75) is 19.8 Å². The lowest BCUT2D eigenvalue weighted by atomic mass is 10.0. The Hall–Kier alpha value is -3.98. The number of nitrogens with zero attached hydrogens (tertiary/aromatic N) is 3. The number of halogens is 1. The van der Waals surface area contributed by atoms with Gasteiger partial charge in [-0.1, -0.05) is 13.8 Å². The van der Waals surface area contributed by atoms with Crippen LogP contribution in [0.5, 0.6) is 11.5 Å². The van der Waals surface area contributed by atoms with Crippen LogP contribution in [-0.2, 0) is 11.8 Å². The molecule has 1 amide bonds. The van der Waals surface area contributed by atoms with Crippen LogP contribution in [0.4, 0.5) is 16.0 Å². The Morgan fingerprint density at radius 2 is 1.94 bits per heavy atom. The molecule has 0 aliphatic carbocycles. The summed E-state index contributed by atoms with van der Waals surface area (Å²) < 4.78 is 26.9. The van der Waals surface area contributed by atoms with Crippen molar-refractivity contribution >= 4 is 28.6 Å². The average molecular weight is 482 g/mol. The van der Waals surface area contributed by atoms with Gasteiger partial charge in [0.15, 0.2) is 0 Å². The smallest absolute Gasteiger partial charge is 0.270 e. The zero-order chi connectivity index (χ0) is 24.9. The van der Waals surface area contributed by atoms with E-state index < -0.39 is 0 Å². The summed E-state index contributed by atoms with van der Waals surface area (Å²) >= 11 is 0. The molecule has 2 aromatic carbocycles. The Morgan fingerprint density at radius 1 is 1.14 bits per heavy atom. The number of aromatic nitrogens is 3. The molecule has 0 saturated carbocycles. The summed E-state index contributed by atoms with van der Waals surface area (Å²) in [5.41, 5.74) is 3.29. The number of nitrogens with one attached hydrogen (secondary N) is 2. The maximum atomic E-state index is 14.1. The van der Waals surface area contributed by atoms with Gasteiger partial charge in [0.05, 0.1) is 17.6 Å². The van der Waals surface area contributed by atoms with Crippen LogP contribution in [0.25, 0.3) is 11.0 Å². The zero-order valence-electron chi connectivity index (χ0n) is 20.1. The molecule has 9 heteroatoms. The van der Waals surface area contributed by atoms with Crippen LogP contribution in [0.2, 0.25) is 0 Å². The van der Waals surface area contributed by atoms with Crippen molar-refractivity contribution in [1.82, 2.24) is 19.9 Å². The minimum Gasteiger partial charge on any atom is -0.457 e. The van der Waals surface area contributed by atoms with Gasteiger partial charge in [-0.25, -0.2) is 9.37 Å². The van der Waals surface area contributed by atoms with Crippen molar-refractivity contribution in [1.29, 1.82) is 0 Å². The summed E-state index contributed by atoms with van der Waals surface area (Å²) in [6, 6.07) is 13.8. The molecule has 4 rings (SSSR count). The third-order valence-corrected chi connectivity index (χ3v) is 5.52. The van der Waals surface area contributed by atoms with E-state index in [-0.39, 0.29) is 26.2 Å². The molecular formula is C26H32FN5O3. The first-order valence-corrected chi connectivity index (χ1v) is 11.3. The number of benzene rings is 2. The number of pyridine rings is 1. The predicted octanol–water partition coefficient (Wildman–Crippen LogP) is 5.63. The molecule has 2 heterocycles. The van der Waals surface area contributed by atoms with E-state index >= 15 is 0 Å². The van der Waals surface area contributed by atoms with Crippen LogP contribution < -0.4 is 15.4 Å². The quantitative estimate of drug-likeness (QED) is 0.301. The zero-order valence-corrected chi connectivity index (χ0v) is 20.1. The molecule has 35 heavy (non-hydrogen) atoms. The van der Waals surface area contributed by atoms with Crippen LogP contribution in [-0.4, -0.2) is 40.7 Å². The van der Waals surface area contributed by atoms with E-state index in [2.05, 4.69) is 20.6 Å². The van der Waals surface area contributed by atoms with Gasteiger partial charge in [0.2, 0.25) is 5.95 Å². The van der Waals surface area contributed by atoms with Gasteiger partial charge in [-0.05, 0) is 47.9 Å². The van der Waals surface area contributed by atoms with Crippen molar-refractivity contribution in [3.05, 3.63) is 71.8 Å². The number of hydrogen-bond acceptors (Lipinski definition) is 6. The Labute approximate surface area is 206 Å². The van der Waals surface area contributed by atoms with E-state index in [1.54, 1.807) is 31.4 Å². The third-order valence-electron chi connectivity index (χ3n) is 5.52. The minimum absolute atomic E-state index is 0. The number of rotatable bonds is 9. The standard InChI is InChI=1S/C26H28FN5O3.2H2/c1-16(2)20-13-17(5-7-21(20)27)30-26-31-22-14-18(6-8-24(22)32(26)3)35-19-9-10-28-23(15-19)25(33)29-11-12-34-4;;/h5-10,13-16H,11-12H2,1-4H3,(H,29,33)(H,30,31);2*1H. The van der Waals surface area contributed by atoms with Crippen molar-refractivity contribution in [2.24, 2.45) is 7.05 Å². The summed E-state index contributed by atoms with van der Waals surface area (Å²) in [7, 11) is 3.48. The highest BCUT2D eigenvalue weighted by Gasteiger charge is 2.13. The summed E-state index contributed by atoms with van der Waals surface area (Å²) in [5, 5.41) is 6.01. The van der Waals surface area contributed by atoms with Crippen molar-refractivity contribution < 1.29 is 21.5 Å². The SMILES string of the molecule is COCCNC(=O)c1cc(Oc2ccc3c(c2)nc(Nc2ccc(F)c(C(C)C)c2)n3C)ccn1.[HH].[HH]. The molecule has 2 aromatic heterocycles. The van der Waals surface area contributed by atoms with Crippen molar-refractivity contribution in [2.75, 3.05) is 25.6 Å². The molecule has 0 spiro atoms. The Kier molecular flexibility index (Phi) is 7.26. The first-order chi connectivity index (χ1) is 16.9. The van der Waals surface area contributed by atoms with Gasteiger partial charge >= 0.3 is 0 Å². The number of amides is 1. The Balaban J connectivity index is 0.00000241. The largest absolute Gasteiger partial charge is 0.457 e. The molecule has 2 N–H and O–H groups in total. The lowest BCUT2D eigenvalue weighted by Gasteiger charge is -2.11. The topological polar surface area (TPSA) is 90.3 Å². The lowest BCUT2D eigenvalue weighted by molar-refractivity contribution is 0.0932. The van der Waals surface area contributed by atoms with Crippen molar-refractivity contribution in [3.8, 4) is 11.5 Å². The molecule has 0 radical (unpaired) electrons. The normalized spacial score (nSPS) is 11.1. The first-order valence-electron chi connectivity index (χ1n) is 11.3. The van der Waals surface area contributed by atoms with E-state index in [4.69, 9.17) is 9.47 Å². The Morgan fingerprint density at radius 3 is 2.71 bits per heavy atom. The second kappa shape index (κ2) is 10.5. The van der Waals surface area contributed by atoms with Gasteiger partial charge in [-0.3, -0.25) is 9.78 Å². The van der Waals surface area contributed by atoms with Crippen LogP contribution in [0.1, 0.15) is 38.7 Å². The van der Waals surface area contributed by atoms with Gasteiger partial charge in [0.1, 0.15) is 23.0 Å². The molecule has 0 fully saturated rings. The molecule has 0 aliphatic heterocycles. The molecule has 8 nitrogen and oxygen atoms in total. The highest BCUT2D eigenvalue weighted by atomic mass is 19.1. The lowest BCUT2D eigenvalue weighted by Crippen LogP contribution is -2.27. The van der Waals surface area contributed by atoms with Gasteiger partial charge in [-0.2, -0.15) is 0 Å². The molecule has 0 saturated heterocycles. The molecule has 0 aliphatic rings. The third kappa shape index (κ3) is 5.58. The number of aryl methyl sites for hydroxylation is 1. The number of hydrogen-bond donors (Lipinski definition) is 2. The molecule has 4 aromatic rings. The van der Waals surface area contributed by atoms with E-state index in [0.717, 1.165) is 16.7 Å². The molecular weight excluding hydrogens is 449 g/mol. The molecule has 0 bridgehead atoms. The van der Waals surface area contributed by atoms with Crippen molar-refractivity contribution in [3.63, 3.8) is 0 Å². The van der Waals surface area contributed by atoms with E-state index in [9.17, 15) is 9.18 Å². The summed E-state index contributed by atoms with van der Waals surface area (Å²) in [6.07, 6.45) is 1.52. The molecule has 186 valence electrons. The van der Waals surface area contributed by atoms with Gasteiger partial charge in [-0.15, -0.1) is 0 Å². The Bertz CT molecular complexity index is 1360. The number of ether oxygens (including phenoxy) is 2. The number of fused-ring (bicyclic) bond motifs is 1. The number of carbonyl (C=O) groups is 1. The second-order valence-corrected chi connectivity index (χ2v) is 8.39. The number of carbonyl (C=O) groups excluding carboxylic acids is 1. The second-order valence-electron chi connectivity index (χ2n) is 8.39. The van der Waals surface area contributed by atoms with E-state index in [1.165, 1.54) is 12.3 Å². The van der Waals surface area contributed by atoms with Crippen LogP contribution in [0.3, 0.4) is 0 Å². The highest BCUT2D eigenvalue weighted by Crippen LogP contribution is 2.29. The summed E-state index contributed by atoms with van der Waals surface area (Å²) in [4.78, 5) is 21.0. The van der Waals surface area contributed by atoms with Gasteiger partial charge < -0.3 is 24.7 Å². The van der Waals surface area contributed by atoms with Crippen LogP contribution >= 0.6 is 0 Å². The number of anilines is 2. The number of imidazole rings is 1. The summed E-state index contributed by atoms with van der Waals surface area (Å²) in [5.74, 6) is 1.23. The fraction of sp³-hybridized carbons (Fsp3) is 0.269. The minimum atomic E-state index is -0.301. The monoisotopic (exact) mass is 481 g/mol. The first kappa shape index (κ1) is 24.2. The maximum Gasteiger partial charge on any atom is 0.270 e. The highest BCUT2D eigenvalue weighted by molar-refractivity contribution is 5.92. The predicted molar refractivity (Wildman–Crippen MR) is 137 cm³/mol. The fourth-order valence-corrected chi connectivity index (χ4v) is 3.64. The molecule has 0 atom stereocenters. The van der Waals surface area contributed by atoms with E-state index in [0.29, 0.717) is 36.2 Å².